The normalized spacial score (nSPS) is 13.6. The van der Waals surface area contributed by atoms with Gasteiger partial charge in [0, 0.05) is 6.61 Å². The topological polar surface area (TPSA) is 29.5 Å². The summed E-state index contributed by atoms with van der Waals surface area (Å²) < 4.78 is 5.93. The highest BCUT2D eigenvalue weighted by atomic mass is 32.1. The summed E-state index contributed by atoms with van der Waals surface area (Å²) in [7, 11) is 0. The van der Waals surface area contributed by atoms with Gasteiger partial charge in [0.1, 0.15) is 5.44 Å². The number of hydrogen-bond donors (Lipinski definition) is 2. The largest absolute Gasteiger partial charge is 0.380 e. The second-order valence-electron chi connectivity index (χ2n) is 9.33. The molecule has 0 saturated heterocycles. The lowest BCUT2D eigenvalue weighted by Crippen LogP contribution is -2.25. The van der Waals surface area contributed by atoms with Crippen molar-refractivity contribution >= 4 is 12.6 Å². The van der Waals surface area contributed by atoms with Crippen LogP contribution in [0.15, 0.2) is 0 Å². The molecule has 0 rings (SSSR count). The van der Waals surface area contributed by atoms with Crippen molar-refractivity contribution < 1.29 is 9.84 Å². The Morgan fingerprint density at radius 3 is 1.23 bits per heavy atom. The van der Waals surface area contributed by atoms with E-state index in [0.717, 1.165) is 25.9 Å². The van der Waals surface area contributed by atoms with Gasteiger partial charge >= 0.3 is 0 Å². The van der Waals surface area contributed by atoms with Gasteiger partial charge in [-0.2, -0.15) is 0 Å². The van der Waals surface area contributed by atoms with Crippen LogP contribution >= 0.6 is 12.6 Å². The Labute approximate surface area is 195 Å². The summed E-state index contributed by atoms with van der Waals surface area (Å²) in [4.78, 5) is 0. The molecule has 0 bridgehead atoms. The van der Waals surface area contributed by atoms with E-state index in [1.165, 1.54) is 122 Å². The summed E-state index contributed by atoms with van der Waals surface area (Å²) in [5, 5.41) is 9.87. The molecule has 2 unspecified atom stereocenters. The van der Waals surface area contributed by atoms with Crippen LogP contribution in [-0.2, 0) is 4.74 Å². The minimum Gasteiger partial charge on any atom is -0.380 e. The molecule has 0 aliphatic rings. The van der Waals surface area contributed by atoms with Crippen molar-refractivity contribution in [3.05, 3.63) is 0 Å². The van der Waals surface area contributed by atoms with Gasteiger partial charge in [-0.25, -0.2) is 0 Å². The molecule has 0 saturated carbocycles. The predicted octanol–water partition coefficient (Wildman–Crippen LogP) is 9.24. The molecule has 0 heterocycles. The first kappa shape index (κ1) is 30.3. The zero-order valence-electron chi connectivity index (χ0n) is 20.7. The van der Waals surface area contributed by atoms with Gasteiger partial charge in [-0.1, -0.05) is 142 Å². The lowest BCUT2D eigenvalue weighted by atomic mass is 10.0. The van der Waals surface area contributed by atoms with Crippen LogP contribution in [0.2, 0.25) is 0 Å². The highest BCUT2D eigenvalue weighted by molar-refractivity contribution is 7.80. The van der Waals surface area contributed by atoms with E-state index in [1.807, 2.05) is 0 Å². The van der Waals surface area contributed by atoms with Gasteiger partial charge < -0.3 is 9.84 Å². The van der Waals surface area contributed by atoms with Gasteiger partial charge in [0.2, 0.25) is 0 Å². The minimum absolute atomic E-state index is 0.0920. The van der Waals surface area contributed by atoms with E-state index in [-0.39, 0.29) is 6.10 Å². The Morgan fingerprint density at radius 1 is 0.533 bits per heavy atom. The van der Waals surface area contributed by atoms with Crippen LogP contribution in [0.25, 0.3) is 0 Å². The second-order valence-corrected chi connectivity index (χ2v) is 9.86. The molecule has 0 spiro atoms. The lowest BCUT2D eigenvalue weighted by molar-refractivity contribution is -0.00796. The third-order valence-electron chi connectivity index (χ3n) is 6.25. The van der Waals surface area contributed by atoms with Gasteiger partial charge in [-0.15, -0.1) is 12.6 Å². The summed E-state index contributed by atoms with van der Waals surface area (Å²) in [5.41, 5.74) is -0.642. The molecule has 0 aliphatic heterocycles. The monoisotopic (exact) mass is 444 g/mol. The first-order chi connectivity index (χ1) is 14.7. The van der Waals surface area contributed by atoms with Crippen molar-refractivity contribution in [2.45, 2.75) is 167 Å². The Hall–Kier alpha value is 0.270. The molecule has 0 aromatic heterocycles. The molecule has 2 atom stereocenters. The number of rotatable bonds is 25. The van der Waals surface area contributed by atoms with Gasteiger partial charge in [0.05, 0.1) is 6.10 Å². The molecule has 1 N–H and O–H groups in total. The average Bonchev–Trinajstić information content (AvgIpc) is 2.74. The highest BCUT2D eigenvalue weighted by Gasteiger charge is 2.15. The van der Waals surface area contributed by atoms with Crippen LogP contribution in [0, 0.1) is 0 Å². The average molecular weight is 445 g/mol. The predicted molar refractivity (Wildman–Crippen MR) is 138 cm³/mol. The second kappa shape index (κ2) is 25.5. The molecule has 0 radical (unpaired) electrons. The number of unbranched alkanes of at least 4 members (excludes halogenated alkanes) is 19. The van der Waals surface area contributed by atoms with E-state index in [1.54, 1.807) is 0 Å². The zero-order valence-corrected chi connectivity index (χ0v) is 21.6. The maximum atomic E-state index is 9.87. The number of thiol groups is 1. The van der Waals surface area contributed by atoms with Crippen LogP contribution in [0.4, 0.5) is 0 Å². The SMILES string of the molecule is CCCCCCCCCCCCCCCC(OCCCCCCCCCC)C(O)S. The fourth-order valence-corrected chi connectivity index (χ4v) is 4.39. The highest BCUT2D eigenvalue weighted by Crippen LogP contribution is 2.17. The van der Waals surface area contributed by atoms with Crippen molar-refractivity contribution in [1.29, 1.82) is 0 Å². The first-order valence-electron chi connectivity index (χ1n) is 13.7. The van der Waals surface area contributed by atoms with E-state index in [4.69, 9.17) is 4.74 Å². The van der Waals surface area contributed by atoms with Crippen LogP contribution in [0.5, 0.6) is 0 Å². The van der Waals surface area contributed by atoms with Crippen molar-refractivity contribution in [3.8, 4) is 0 Å². The van der Waals surface area contributed by atoms with Crippen LogP contribution in [0.3, 0.4) is 0 Å². The van der Waals surface area contributed by atoms with E-state index in [2.05, 4.69) is 26.5 Å². The van der Waals surface area contributed by atoms with Gasteiger partial charge in [0.25, 0.3) is 0 Å². The zero-order chi connectivity index (χ0) is 22.1. The number of aliphatic hydroxyl groups excluding tert-OH is 1. The fourth-order valence-electron chi connectivity index (χ4n) is 4.15. The van der Waals surface area contributed by atoms with Crippen molar-refractivity contribution in [2.75, 3.05) is 6.61 Å². The Bertz CT molecular complexity index is 309. The first-order valence-corrected chi connectivity index (χ1v) is 14.2. The Morgan fingerprint density at radius 2 is 0.867 bits per heavy atom. The van der Waals surface area contributed by atoms with E-state index >= 15 is 0 Å². The molecular formula is C27H56O2S. The number of ether oxygens (including phenoxy) is 1. The smallest absolute Gasteiger partial charge is 0.123 e. The molecule has 0 fully saturated rings. The molecule has 182 valence electrons. The summed E-state index contributed by atoms with van der Waals surface area (Å²) in [6.45, 7) is 5.32. The van der Waals surface area contributed by atoms with Gasteiger partial charge in [-0.3, -0.25) is 0 Å². The molecule has 0 aliphatic carbocycles. The maximum absolute atomic E-state index is 9.87. The molecule has 2 nitrogen and oxygen atoms in total. The summed E-state index contributed by atoms with van der Waals surface area (Å²) >= 11 is 4.23. The molecule has 0 aromatic carbocycles. The molecule has 30 heavy (non-hydrogen) atoms. The Balaban J connectivity index is 3.41. The van der Waals surface area contributed by atoms with E-state index < -0.39 is 5.44 Å². The van der Waals surface area contributed by atoms with E-state index in [0.29, 0.717) is 0 Å². The lowest BCUT2D eigenvalue weighted by Gasteiger charge is -2.20. The van der Waals surface area contributed by atoms with E-state index in [9.17, 15) is 5.11 Å². The third kappa shape index (κ3) is 22.9. The molecule has 3 heteroatoms. The summed E-state index contributed by atoms with van der Waals surface area (Å²) in [6.07, 6.45) is 29.2. The molecular weight excluding hydrogens is 388 g/mol. The van der Waals surface area contributed by atoms with Gasteiger partial charge in [0.15, 0.2) is 0 Å². The quantitative estimate of drug-likeness (QED) is 0.0834. The Kier molecular flexibility index (Phi) is 25.8. The number of aliphatic hydroxyl groups is 1. The van der Waals surface area contributed by atoms with Crippen LogP contribution in [-0.4, -0.2) is 23.3 Å². The molecule has 0 amide bonds. The van der Waals surface area contributed by atoms with Crippen molar-refractivity contribution in [1.82, 2.24) is 0 Å². The van der Waals surface area contributed by atoms with Crippen LogP contribution < -0.4 is 0 Å². The van der Waals surface area contributed by atoms with Gasteiger partial charge in [-0.05, 0) is 12.8 Å². The minimum atomic E-state index is -0.642. The fraction of sp³-hybridized carbons (Fsp3) is 1.00. The standard InChI is InChI=1S/C27H56O2S/c1-3-5-7-9-11-13-14-15-16-17-18-20-22-24-26(27(28)30)29-25-23-21-19-12-10-8-6-4-2/h26-28,30H,3-25H2,1-2H3. The number of hydrogen-bond acceptors (Lipinski definition) is 3. The van der Waals surface area contributed by atoms with Crippen molar-refractivity contribution in [2.24, 2.45) is 0 Å². The summed E-state index contributed by atoms with van der Waals surface area (Å²) in [5.74, 6) is 0. The summed E-state index contributed by atoms with van der Waals surface area (Å²) in [6, 6.07) is 0. The molecule has 0 aromatic rings. The van der Waals surface area contributed by atoms with Crippen molar-refractivity contribution in [3.63, 3.8) is 0 Å². The maximum Gasteiger partial charge on any atom is 0.123 e. The van der Waals surface area contributed by atoms with Crippen LogP contribution in [0.1, 0.15) is 155 Å². The third-order valence-corrected chi connectivity index (χ3v) is 6.59.